The van der Waals surface area contributed by atoms with Crippen LogP contribution in [-0.4, -0.2) is 11.1 Å². The molecule has 0 aromatic heterocycles. The Morgan fingerprint density at radius 1 is 1.00 bits per heavy atom. The largest absolute Gasteiger partial charge is 0.478 e. The standard InChI is InChI=1S/C12H16O2/c1-6-7(2)12(5)9(10(13)14)8(3)11(6,12)4/h1-5H3,(H,13,14). The molecular formula is C12H16O2. The van der Waals surface area contributed by atoms with Crippen LogP contribution >= 0.6 is 0 Å². The molecule has 0 spiro atoms. The molecule has 76 valence electrons. The third-order valence-corrected chi connectivity index (χ3v) is 4.90. The van der Waals surface area contributed by atoms with Gasteiger partial charge < -0.3 is 5.11 Å². The lowest BCUT2D eigenvalue weighted by atomic mass is 9.36. The summed E-state index contributed by atoms with van der Waals surface area (Å²) in [7, 11) is 0. The maximum atomic E-state index is 11.1. The number of carboxylic acids is 1. The second-order valence-electron chi connectivity index (χ2n) is 4.81. The molecule has 0 heterocycles. The molecule has 2 atom stereocenters. The zero-order valence-corrected chi connectivity index (χ0v) is 9.36. The van der Waals surface area contributed by atoms with Gasteiger partial charge in [0.1, 0.15) is 0 Å². The molecule has 0 aromatic rings. The van der Waals surface area contributed by atoms with Crippen LogP contribution in [0.1, 0.15) is 34.6 Å². The Morgan fingerprint density at radius 3 is 1.86 bits per heavy atom. The topological polar surface area (TPSA) is 37.3 Å². The highest BCUT2D eigenvalue weighted by Crippen LogP contribution is 2.74. The molecular weight excluding hydrogens is 176 g/mol. The predicted molar refractivity (Wildman–Crippen MR) is 54.9 cm³/mol. The van der Waals surface area contributed by atoms with Crippen LogP contribution in [0.5, 0.6) is 0 Å². The average molecular weight is 192 g/mol. The normalized spacial score (nSPS) is 40.4. The van der Waals surface area contributed by atoms with E-state index >= 15 is 0 Å². The van der Waals surface area contributed by atoms with Crippen molar-refractivity contribution in [2.45, 2.75) is 34.6 Å². The van der Waals surface area contributed by atoms with Crippen molar-refractivity contribution < 1.29 is 9.90 Å². The van der Waals surface area contributed by atoms with Gasteiger partial charge in [-0.15, -0.1) is 0 Å². The average Bonchev–Trinajstić information content (AvgIpc) is 2.13. The summed E-state index contributed by atoms with van der Waals surface area (Å²) < 4.78 is 0. The van der Waals surface area contributed by atoms with Gasteiger partial charge in [0.25, 0.3) is 0 Å². The number of hydrogen-bond acceptors (Lipinski definition) is 1. The van der Waals surface area contributed by atoms with Gasteiger partial charge in [-0.1, -0.05) is 30.6 Å². The minimum Gasteiger partial charge on any atom is -0.478 e. The van der Waals surface area contributed by atoms with Crippen molar-refractivity contribution in [3.05, 3.63) is 22.3 Å². The molecule has 0 fully saturated rings. The Hall–Kier alpha value is -1.05. The van der Waals surface area contributed by atoms with E-state index in [1.54, 1.807) is 0 Å². The summed E-state index contributed by atoms with van der Waals surface area (Å²) in [5.74, 6) is -0.755. The van der Waals surface area contributed by atoms with Gasteiger partial charge in [-0.2, -0.15) is 0 Å². The number of carbonyl (C=O) groups is 1. The lowest BCUT2D eigenvalue weighted by Gasteiger charge is -2.66. The van der Waals surface area contributed by atoms with E-state index in [0.717, 1.165) is 5.57 Å². The van der Waals surface area contributed by atoms with Crippen LogP contribution in [0.4, 0.5) is 0 Å². The van der Waals surface area contributed by atoms with Crippen molar-refractivity contribution in [1.29, 1.82) is 0 Å². The number of carboxylic acid groups (broad SMARTS) is 1. The van der Waals surface area contributed by atoms with Crippen molar-refractivity contribution >= 4 is 5.97 Å². The SMILES string of the molecule is CC1=C(C)C2(C)C(C(=O)O)=C(C)C12C. The Labute approximate surface area is 84.3 Å². The van der Waals surface area contributed by atoms with E-state index in [-0.39, 0.29) is 10.8 Å². The fraction of sp³-hybridized carbons (Fsp3) is 0.583. The number of fused-ring (bicyclic) bond motifs is 1. The first kappa shape index (κ1) is 9.50. The zero-order valence-electron chi connectivity index (χ0n) is 9.36. The first-order valence-electron chi connectivity index (χ1n) is 4.93. The van der Waals surface area contributed by atoms with Crippen LogP contribution in [0.3, 0.4) is 0 Å². The van der Waals surface area contributed by atoms with E-state index in [1.165, 1.54) is 11.1 Å². The molecule has 0 radical (unpaired) electrons. The Morgan fingerprint density at radius 2 is 1.43 bits per heavy atom. The van der Waals surface area contributed by atoms with Gasteiger partial charge in [-0.3, -0.25) is 0 Å². The molecule has 14 heavy (non-hydrogen) atoms. The molecule has 0 aromatic carbocycles. The third kappa shape index (κ3) is 0.561. The maximum Gasteiger partial charge on any atom is 0.332 e. The molecule has 0 saturated carbocycles. The number of allylic oxidation sites excluding steroid dienone is 3. The number of aliphatic carboxylic acids is 1. The van der Waals surface area contributed by atoms with Crippen molar-refractivity contribution in [2.75, 3.05) is 0 Å². The van der Waals surface area contributed by atoms with Crippen LogP contribution in [-0.2, 0) is 4.79 Å². The molecule has 0 bridgehead atoms. The van der Waals surface area contributed by atoms with E-state index in [2.05, 4.69) is 13.8 Å². The van der Waals surface area contributed by atoms with Gasteiger partial charge in [-0.25, -0.2) is 4.79 Å². The lowest BCUT2D eigenvalue weighted by molar-refractivity contribution is -0.136. The number of hydrogen-bond donors (Lipinski definition) is 1. The van der Waals surface area contributed by atoms with Crippen molar-refractivity contribution in [1.82, 2.24) is 0 Å². The summed E-state index contributed by atoms with van der Waals surface area (Å²) in [6.45, 7) is 10.3. The minimum absolute atomic E-state index is 0.0187. The fourth-order valence-corrected chi connectivity index (χ4v) is 3.47. The monoisotopic (exact) mass is 192 g/mol. The maximum absolute atomic E-state index is 11.1. The first-order valence-corrected chi connectivity index (χ1v) is 4.93. The van der Waals surface area contributed by atoms with Crippen molar-refractivity contribution in [3.8, 4) is 0 Å². The van der Waals surface area contributed by atoms with Gasteiger partial charge >= 0.3 is 5.97 Å². The van der Waals surface area contributed by atoms with E-state index < -0.39 is 5.97 Å². The van der Waals surface area contributed by atoms with Gasteiger partial charge in [-0.05, 0) is 20.8 Å². The molecule has 2 rings (SSSR count). The molecule has 0 amide bonds. The molecule has 1 N–H and O–H groups in total. The molecule has 2 unspecified atom stereocenters. The summed E-state index contributed by atoms with van der Waals surface area (Å²) >= 11 is 0. The van der Waals surface area contributed by atoms with Crippen LogP contribution in [0.15, 0.2) is 22.3 Å². The van der Waals surface area contributed by atoms with E-state index in [0.29, 0.717) is 5.57 Å². The van der Waals surface area contributed by atoms with Crippen LogP contribution in [0.2, 0.25) is 0 Å². The Balaban J connectivity index is 2.61. The van der Waals surface area contributed by atoms with E-state index in [4.69, 9.17) is 5.11 Å². The van der Waals surface area contributed by atoms with Crippen LogP contribution in [0.25, 0.3) is 0 Å². The van der Waals surface area contributed by atoms with Gasteiger partial charge in [0.2, 0.25) is 0 Å². The Bertz CT molecular complexity index is 414. The lowest BCUT2D eigenvalue weighted by Crippen LogP contribution is -2.60. The summed E-state index contributed by atoms with van der Waals surface area (Å²) in [5, 5.41) is 9.13. The molecule has 2 heteroatoms. The summed E-state index contributed by atoms with van der Waals surface area (Å²) in [6.07, 6.45) is 0. The smallest absolute Gasteiger partial charge is 0.332 e. The molecule has 2 aliphatic rings. The van der Waals surface area contributed by atoms with E-state index in [9.17, 15) is 4.79 Å². The quantitative estimate of drug-likeness (QED) is 0.648. The molecule has 2 aliphatic carbocycles. The summed E-state index contributed by atoms with van der Waals surface area (Å²) in [5.41, 5.74) is 4.06. The van der Waals surface area contributed by atoms with Crippen molar-refractivity contribution in [3.63, 3.8) is 0 Å². The number of rotatable bonds is 1. The van der Waals surface area contributed by atoms with Crippen LogP contribution < -0.4 is 0 Å². The highest BCUT2D eigenvalue weighted by molar-refractivity contribution is 5.96. The third-order valence-electron chi connectivity index (χ3n) is 4.90. The molecule has 0 aliphatic heterocycles. The summed E-state index contributed by atoms with van der Waals surface area (Å²) in [6, 6.07) is 0. The second kappa shape index (κ2) is 2.13. The second-order valence-corrected chi connectivity index (χ2v) is 4.81. The molecule has 0 saturated heterocycles. The highest BCUT2D eigenvalue weighted by atomic mass is 16.4. The first-order chi connectivity index (χ1) is 6.29. The van der Waals surface area contributed by atoms with E-state index in [1.807, 2.05) is 20.8 Å². The highest BCUT2D eigenvalue weighted by Gasteiger charge is 2.67. The van der Waals surface area contributed by atoms with Gasteiger partial charge in [0.05, 0.1) is 0 Å². The summed E-state index contributed by atoms with van der Waals surface area (Å²) in [4.78, 5) is 11.1. The fourth-order valence-electron chi connectivity index (χ4n) is 3.47. The minimum atomic E-state index is -0.755. The zero-order chi connectivity index (χ0) is 10.9. The molecule has 2 nitrogen and oxygen atoms in total. The van der Waals surface area contributed by atoms with Crippen molar-refractivity contribution in [2.24, 2.45) is 10.8 Å². The Kier molecular flexibility index (Phi) is 1.44. The predicted octanol–water partition coefficient (Wildman–Crippen LogP) is 2.76. The van der Waals surface area contributed by atoms with Crippen LogP contribution in [0, 0.1) is 10.8 Å². The van der Waals surface area contributed by atoms with Gasteiger partial charge in [0, 0.05) is 16.4 Å². The van der Waals surface area contributed by atoms with Gasteiger partial charge in [0.15, 0.2) is 0 Å².